The lowest BCUT2D eigenvalue weighted by atomic mass is 10.1. The van der Waals surface area contributed by atoms with Crippen molar-refractivity contribution in [2.75, 3.05) is 6.61 Å². The first-order valence-electron chi connectivity index (χ1n) is 12.4. The summed E-state index contributed by atoms with van der Waals surface area (Å²) in [6.45, 7) is 3.02. The first kappa shape index (κ1) is 25.8. The van der Waals surface area contributed by atoms with Crippen LogP contribution in [0.3, 0.4) is 0 Å². The van der Waals surface area contributed by atoms with Crippen molar-refractivity contribution < 1.29 is 14.3 Å². The molecule has 0 N–H and O–H groups in total. The Morgan fingerprint density at radius 1 is 0.676 bits per heavy atom. The molecule has 0 unspecified atom stereocenters. The van der Waals surface area contributed by atoms with Crippen LogP contribution in [0.2, 0.25) is 0 Å². The van der Waals surface area contributed by atoms with Gasteiger partial charge in [0.1, 0.15) is 11.5 Å². The Bertz CT molecular complexity index is 979. The van der Waals surface area contributed by atoms with Crippen molar-refractivity contribution in [3.63, 3.8) is 0 Å². The molecule has 3 nitrogen and oxygen atoms in total. The number of hydrogen-bond donors (Lipinski definition) is 0. The first-order chi connectivity index (χ1) is 16.7. The Morgan fingerprint density at radius 2 is 1.21 bits per heavy atom. The van der Waals surface area contributed by atoms with Gasteiger partial charge in [0.15, 0.2) is 0 Å². The molecule has 3 aromatic carbocycles. The quantitative estimate of drug-likeness (QED) is 0.100. The minimum absolute atomic E-state index is 0.383. The molecule has 0 aromatic heterocycles. The van der Waals surface area contributed by atoms with E-state index in [-0.39, 0.29) is 5.97 Å². The van der Waals surface area contributed by atoms with Crippen molar-refractivity contribution >= 4 is 17.6 Å². The molecule has 0 spiro atoms. The van der Waals surface area contributed by atoms with Gasteiger partial charge in [0.05, 0.1) is 12.2 Å². The highest BCUT2D eigenvalue weighted by Gasteiger charge is 2.09. The van der Waals surface area contributed by atoms with Crippen molar-refractivity contribution in [1.82, 2.24) is 0 Å². The van der Waals surface area contributed by atoms with Crippen LogP contribution in [0.25, 0.3) is 11.1 Å². The normalized spacial score (nSPS) is 10.8. The molecular weight excluding hydrogens is 444 g/mol. The van der Waals surface area contributed by atoms with E-state index in [1.165, 1.54) is 44.9 Å². The fourth-order valence-electron chi connectivity index (χ4n) is 3.78. The maximum Gasteiger partial charge on any atom is 0.343 e. The van der Waals surface area contributed by atoms with E-state index >= 15 is 0 Å². The van der Waals surface area contributed by atoms with Gasteiger partial charge in [-0.1, -0.05) is 88.3 Å². The SMILES string of the molecule is CCCCCCCCCCOc1ccc(-c2ccc(OC(=O)c3ccc(CCl)cc3)cc2)cc1. The largest absolute Gasteiger partial charge is 0.494 e. The van der Waals surface area contributed by atoms with Gasteiger partial charge in [0, 0.05) is 5.88 Å². The summed E-state index contributed by atoms with van der Waals surface area (Å²) in [5.41, 5.74) is 3.61. The standard InChI is InChI=1S/C30H35ClO3/c1-2-3-4-5-6-7-8-9-22-33-28-18-14-25(15-19-28)26-16-20-29(21-17-26)34-30(32)27-12-10-24(23-31)11-13-27/h10-21H,2-9,22-23H2,1H3. The van der Waals surface area contributed by atoms with E-state index in [4.69, 9.17) is 21.1 Å². The third kappa shape index (κ3) is 8.53. The van der Waals surface area contributed by atoms with Crippen molar-refractivity contribution in [1.29, 1.82) is 0 Å². The highest BCUT2D eigenvalue weighted by atomic mass is 35.5. The van der Waals surface area contributed by atoms with E-state index in [1.54, 1.807) is 12.1 Å². The molecule has 34 heavy (non-hydrogen) atoms. The lowest BCUT2D eigenvalue weighted by molar-refractivity contribution is 0.0735. The van der Waals surface area contributed by atoms with E-state index in [2.05, 4.69) is 19.1 Å². The monoisotopic (exact) mass is 478 g/mol. The molecule has 3 aromatic rings. The molecule has 0 bridgehead atoms. The Kier molecular flexibility index (Phi) is 11.0. The highest BCUT2D eigenvalue weighted by Crippen LogP contribution is 2.25. The summed E-state index contributed by atoms with van der Waals surface area (Å²) in [5, 5.41) is 0. The third-order valence-corrected chi connectivity index (χ3v) is 6.17. The molecule has 0 aliphatic carbocycles. The number of carbonyl (C=O) groups excluding carboxylic acids is 1. The van der Waals surface area contributed by atoms with Crippen LogP contribution in [0.1, 0.15) is 74.2 Å². The molecule has 0 aliphatic heterocycles. The van der Waals surface area contributed by atoms with Crippen LogP contribution in [-0.4, -0.2) is 12.6 Å². The molecule has 0 saturated carbocycles. The van der Waals surface area contributed by atoms with Crippen LogP contribution in [0.15, 0.2) is 72.8 Å². The molecular formula is C30H35ClO3. The van der Waals surface area contributed by atoms with Gasteiger partial charge in [0.2, 0.25) is 0 Å². The van der Waals surface area contributed by atoms with Crippen molar-refractivity contribution in [3.05, 3.63) is 83.9 Å². The molecule has 3 rings (SSSR count). The fraction of sp³-hybridized carbons (Fsp3) is 0.367. The lowest BCUT2D eigenvalue weighted by Gasteiger charge is -2.09. The second kappa shape index (κ2) is 14.5. The second-order valence-electron chi connectivity index (χ2n) is 8.59. The van der Waals surface area contributed by atoms with Crippen LogP contribution < -0.4 is 9.47 Å². The minimum Gasteiger partial charge on any atom is -0.494 e. The molecule has 0 radical (unpaired) electrons. The second-order valence-corrected chi connectivity index (χ2v) is 8.86. The van der Waals surface area contributed by atoms with Gasteiger partial charge in [-0.3, -0.25) is 0 Å². The van der Waals surface area contributed by atoms with Gasteiger partial charge in [-0.15, -0.1) is 11.6 Å². The van der Waals surface area contributed by atoms with Gasteiger partial charge in [0.25, 0.3) is 0 Å². The zero-order chi connectivity index (χ0) is 24.0. The molecule has 4 heteroatoms. The van der Waals surface area contributed by atoms with Gasteiger partial charge >= 0.3 is 5.97 Å². The number of benzene rings is 3. The minimum atomic E-state index is -0.383. The summed E-state index contributed by atoms with van der Waals surface area (Å²) in [6, 6.07) is 22.8. The van der Waals surface area contributed by atoms with Gasteiger partial charge in [-0.2, -0.15) is 0 Å². The number of ether oxygens (including phenoxy) is 2. The Hall–Kier alpha value is -2.78. The predicted molar refractivity (Wildman–Crippen MR) is 141 cm³/mol. The summed E-state index contributed by atoms with van der Waals surface area (Å²) in [5.74, 6) is 1.45. The average molecular weight is 479 g/mol. The molecule has 0 atom stereocenters. The van der Waals surface area contributed by atoms with Crippen molar-refractivity contribution in [2.45, 2.75) is 64.2 Å². The van der Waals surface area contributed by atoms with E-state index in [1.807, 2.05) is 48.5 Å². The van der Waals surface area contributed by atoms with Crippen LogP contribution in [0.5, 0.6) is 11.5 Å². The average Bonchev–Trinajstić information content (AvgIpc) is 2.88. The van der Waals surface area contributed by atoms with Crippen molar-refractivity contribution in [3.8, 4) is 22.6 Å². The van der Waals surface area contributed by atoms with Crippen LogP contribution in [-0.2, 0) is 5.88 Å². The molecule has 0 heterocycles. The van der Waals surface area contributed by atoms with E-state index in [0.29, 0.717) is 17.2 Å². The van der Waals surface area contributed by atoms with Gasteiger partial charge in [-0.25, -0.2) is 4.79 Å². The number of halogens is 1. The van der Waals surface area contributed by atoms with E-state index in [9.17, 15) is 4.79 Å². The zero-order valence-corrected chi connectivity index (χ0v) is 20.9. The van der Waals surface area contributed by atoms with Gasteiger partial charge < -0.3 is 9.47 Å². The molecule has 0 saturated heterocycles. The van der Waals surface area contributed by atoms with Crippen LogP contribution in [0, 0.1) is 0 Å². The molecule has 180 valence electrons. The Labute approximate surface area is 209 Å². The summed E-state index contributed by atoms with van der Waals surface area (Å²) in [6.07, 6.45) is 10.4. The Morgan fingerprint density at radius 3 is 1.76 bits per heavy atom. The van der Waals surface area contributed by atoms with Crippen molar-refractivity contribution in [2.24, 2.45) is 0 Å². The third-order valence-electron chi connectivity index (χ3n) is 5.86. The highest BCUT2D eigenvalue weighted by molar-refractivity contribution is 6.17. The maximum atomic E-state index is 12.3. The first-order valence-corrected chi connectivity index (χ1v) is 12.9. The number of unbranched alkanes of at least 4 members (excludes halogenated alkanes) is 7. The summed E-state index contributed by atoms with van der Waals surface area (Å²) in [7, 11) is 0. The van der Waals surface area contributed by atoms with Gasteiger partial charge in [-0.05, 0) is 59.5 Å². The summed E-state index contributed by atoms with van der Waals surface area (Å²) < 4.78 is 11.4. The number of hydrogen-bond acceptors (Lipinski definition) is 3. The maximum absolute atomic E-state index is 12.3. The molecule has 0 aliphatic rings. The molecule has 0 fully saturated rings. The number of alkyl halides is 1. The zero-order valence-electron chi connectivity index (χ0n) is 20.1. The lowest BCUT2D eigenvalue weighted by Crippen LogP contribution is -2.08. The number of rotatable bonds is 14. The smallest absolute Gasteiger partial charge is 0.343 e. The predicted octanol–water partition coefficient (Wildman–Crippen LogP) is 8.83. The Balaban J connectivity index is 1.41. The molecule has 0 amide bonds. The van der Waals surface area contributed by atoms with E-state index in [0.717, 1.165) is 35.5 Å². The summed E-state index contributed by atoms with van der Waals surface area (Å²) >= 11 is 5.79. The number of carbonyl (C=O) groups is 1. The topological polar surface area (TPSA) is 35.5 Å². The number of esters is 1. The summed E-state index contributed by atoms with van der Waals surface area (Å²) in [4.78, 5) is 12.3. The van der Waals surface area contributed by atoms with Crippen LogP contribution >= 0.6 is 11.6 Å². The van der Waals surface area contributed by atoms with E-state index < -0.39 is 0 Å². The fourth-order valence-corrected chi connectivity index (χ4v) is 3.96. The van der Waals surface area contributed by atoms with Crippen LogP contribution in [0.4, 0.5) is 0 Å².